The second-order valence-electron chi connectivity index (χ2n) is 9.58. The molecule has 3 heterocycles. The van der Waals surface area contributed by atoms with Gasteiger partial charge in [0.05, 0.1) is 31.3 Å². The van der Waals surface area contributed by atoms with Gasteiger partial charge in [-0.2, -0.15) is 5.10 Å². The molecule has 0 saturated heterocycles. The summed E-state index contributed by atoms with van der Waals surface area (Å²) in [5.74, 6) is -2.45. The van der Waals surface area contributed by atoms with Crippen molar-refractivity contribution >= 4 is 16.9 Å². The second kappa shape index (κ2) is 9.32. The first kappa shape index (κ1) is 24.2. The van der Waals surface area contributed by atoms with Gasteiger partial charge in [0.1, 0.15) is 5.69 Å². The Labute approximate surface area is 216 Å². The summed E-state index contributed by atoms with van der Waals surface area (Å²) in [6, 6.07) is 6.80. The van der Waals surface area contributed by atoms with E-state index in [1.165, 1.54) is 20.4 Å². The lowest BCUT2D eigenvalue weighted by molar-refractivity contribution is 0.0519. The topological polar surface area (TPSA) is 113 Å². The molecule has 6 rings (SSSR count). The van der Waals surface area contributed by atoms with Crippen LogP contribution in [0.1, 0.15) is 41.6 Å². The Morgan fingerprint density at radius 1 is 1.05 bits per heavy atom. The van der Waals surface area contributed by atoms with Crippen molar-refractivity contribution in [3.8, 4) is 34.1 Å². The van der Waals surface area contributed by atoms with E-state index in [0.29, 0.717) is 41.7 Å². The van der Waals surface area contributed by atoms with Gasteiger partial charge in [0.2, 0.25) is 0 Å². The minimum atomic E-state index is -0.940. The first-order chi connectivity index (χ1) is 18.4. The lowest BCUT2D eigenvalue weighted by Gasteiger charge is -2.32. The fraction of sp³-hybridized carbons (Fsp3) is 0.333. The molecular formula is C27H25F2N5O4. The van der Waals surface area contributed by atoms with Gasteiger partial charge in [-0.1, -0.05) is 6.07 Å². The number of fused-ring (bicyclic) bond motifs is 2. The molecule has 0 unspecified atom stereocenters. The van der Waals surface area contributed by atoms with Crippen LogP contribution in [0, 0.1) is 11.6 Å². The van der Waals surface area contributed by atoms with Gasteiger partial charge < -0.3 is 19.5 Å². The van der Waals surface area contributed by atoms with Gasteiger partial charge in [-0.25, -0.2) is 18.7 Å². The van der Waals surface area contributed by atoms with Crippen molar-refractivity contribution in [3.05, 3.63) is 53.2 Å². The van der Waals surface area contributed by atoms with E-state index in [-0.39, 0.29) is 35.4 Å². The van der Waals surface area contributed by atoms with Crippen LogP contribution in [0.25, 0.3) is 33.7 Å². The van der Waals surface area contributed by atoms with Crippen LogP contribution in [-0.2, 0) is 6.54 Å². The van der Waals surface area contributed by atoms with E-state index in [4.69, 9.17) is 9.47 Å². The number of H-pyrrole nitrogens is 1. The molecule has 0 atom stereocenters. The van der Waals surface area contributed by atoms with E-state index >= 15 is 0 Å². The highest BCUT2D eigenvalue weighted by Gasteiger charge is 2.35. The summed E-state index contributed by atoms with van der Waals surface area (Å²) in [5, 5.41) is 17.6. The largest absolute Gasteiger partial charge is 0.494 e. The monoisotopic (exact) mass is 521 g/mol. The molecule has 1 fully saturated rings. The Morgan fingerprint density at radius 2 is 1.76 bits per heavy atom. The van der Waals surface area contributed by atoms with Crippen LogP contribution in [0.4, 0.5) is 8.78 Å². The van der Waals surface area contributed by atoms with Gasteiger partial charge in [-0.05, 0) is 43.4 Å². The van der Waals surface area contributed by atoms with E-state index in [1.807, 2.05) is 17.0 Å². The number of benzene rings is 2. The first-order valence-electron chi connectivity index (χ1n) is 12.3. The molecule has 9 nitrogen and oxygen atoms in total. The van der Waals surface area contributed by atoms with Gasteiger partial charge in [-0.3, -0.25) is 9.89 Å². The van der Waals surface area contributed by atoms with Crippen molar-refractivity contribution in [3.63, 3.8) is 0 Å². The fourth-order valence-corrected chi connectivity index (χ4v) is 5.39. The second-order valence-corrected chi connectivity index (χ2v) is 9.58. The standard InChI is InChI=1S/C27H25F2N5O4/c1-37-19-10-20(38-2)23(29)21(22(19)28)26-30-11-18-24(32-33-25(18)31-26)13-3-8-17-14(9-13)12-34(27(17)36)15-4-6-16(35)7-5-15/h3,8-11,15-16,35H,4-7,12H2,1-2H3,(H,30,31,32,33). The average Bonchev–Trinajstić information content (AvgIpc) is 3.50. The number of hydrogen-bond acceptors (Lipinski definition) is 7. The van der Waals surface area contributed by atoms with Crippen molar-refractivity contribution in [1.82, 2.24) is 25.1 Å². The highest BCUT2D eigenvalue weighted by Crippen LogP contribution is 2.38. The lowest BCUT2D eigenvalue weighted by Crippen LogP contribution is -2.39. The number of carbonyl (C=O) groups is 1. The highest BCUT2D eigenvalue weighted by molar-refractivity contribution is 6.00. The molecule has 1 saturated carbocycles. The van der Waals surface area contributed by atoms with Gasteiger partial charge in [0, 0.05) is 36.0 Å². The van der Waals surface area contributed by atoms with Crippen molar-refractivity contribution in [2.45, 2.75) is 44.4 Å². The highest BCUT2D eigenvalue weighted by atomic mass is 19.1. The number of aromatic nitrogens is 4. The number of nitrogens with zero attached hydrogens (tertiary/aromatic N) is 4. The van der Waals surface area contributed by atoms with Crippen LogP contribution in [0.2, 0.25) is 0 Å². The summed E-state index contributed by atoms with van der Waals surface area (Å²) >= 11 is 0. The third-order valence-electron chi connectivity index (χ3n) is 7.43. The quantitative estimate of drug-likeness (QED) is 0.404. The van der Waals surface area contributed by atoms with Gasteiger partial charge in [-0.15, -0.1) is 0 Å². The number of aliphatic hydroxyl groups excluding tert-OH is 1. The minimum absolute atomic E-state index is 0.00516. The summed E-state index contributed by atoms with van der Waals surface area (Å²) in [6.45, 7) is 0.502. The molecule has 0 spiro atoms. The smallest absolute Gasteiger partial charge is 0.254 e. The van der Waals surface area contributed by atoms with Crippen LogP contribution < -0.4 is 9.47 Å². The average molecular weight is 522 g/mol. The van der Waals surface area contributed by atoms with Crippen LogP contribution >= 0.6 is 0 Å². The maximum atomic E-state index is 15.0. The molecule has 0 bridgehead atoms. The number of nitrogens with one attached hydrogen (secondary N) is 1. The predicted octanol–water partition coefficient (Wildman–Crippen LogP) is 4.24. The molecule has 1 aliphatic carbocycles. The molecule has 1 aliphatic heterocycles. The van der Waals surface area contributed by atoms with E-state index in [9.17, 15) is 18.7 Å². The number of aliphatic hydroxyl groups is 1. The Kier molecular flexibility index (Phi) is 5.94. The predicted molar refractivity (Wildman–Crippen MR) is 134 cm³/mol. The van der Waals surface area contributed by atoms with Crippen LogP contribution in [0.15, 0.2) is 30.5 Å². The first-order valence-corrected chi connectivity index (χ1v) is 12.3. The van der Waals surface area contributed by atoms with Crippen molar-refractivity contribution in [2.75, 3.05) is 14.2 Å². The maximum absolute atomic E-state index is 15.0. The summed E-state index contributed by atoms with van der Waals surface area (Å²) < 4.78 is 40.0. The zero-order valence-corrected chi connectivity index (χ0v) is 20.8. The van der Waals surface area contributed by atoms with Crippen molar-refractivity contribution < 1.29 is 28.2 Å². The molecule has 0 radical (unpaired) electrons. The number of aromatic amines is 1. The molecule has 2 aliphatic rings. The summed E-state index contributed by atoms with van der Waals surface area (Å²) in [7, 11) is 2.54. The Morgan fingerprint density at radius 3 is 2.45 bits per heavy atom. The van der Waals surface area contributed by atoms with E-state index < -0.39 is 17.2 Å². The number of carbonyl (C=O) groups excluding carboxylic acids is 1. The summed E-state index contributed by atoms with van der Waals surface area (Å²) in [4.78, 5) is 23.5. The third kappa shape index (κ3) is 3.85. The number of ether oxygens (including phenoxy) is 2. The maximum Gasteiger partial charge on any atom is 0.254 e. The Bertz CT molecular complexity index is 1540. The van der Waals surface area contributed by atoms with Crippen molar-refractivity contribution in [1.29, 1.82) is 0 Å². The zero-order valence-electron chi connectivity index (χ0n) is 20.8. The Balaban J connectivity index is 1.33. The molecule has 11 heteroatoms. The van der Waals surface area contributed by atoms with Gasteiger partial charge in [0.25, 0.3) is 5.91 Å². The molecular weight excluding hydrogens is 496 g/mol. The fourth-order valence-electron chi connectivity index (χ4n) is 5.39. The molecule has 4 aromatic rings. The van der Waals surface area contributed by atoms with Crippen LogP contribution in [-0.4, -0.2) is 62.4 Å². The van der Waals surface area contributed by atoms with Gasteiger partial charge in [0.15, 0.2) is 34.6 Å². The van der Waals surface area contributed by atoms with Crippen molar-refractivity contribution in [2.24, 2.45) is 0 Å². The summed E-state index contributed by atoms with van der Waals surface area (Å²) in [5.41, 5.74) is 2.72. The molecule has 2 N–H and O–H groups in total. The molecule has 2 aromatic heterocycles. The van der Waals surface area contributed by atoms with Crippen LogP contribution in [0.5, 0.6) is 11.5 Å². The van der Waals surface area contributed by atoms with E-state index in [0.717, 1.165) is 30.0 Å². The lowest BCUT2D eigenvalue weighted by atomic mass is 9.92. The molecule has 2 aromatic carbocycles. The molecule has 38 heavy (non-hydrogen) atoms. The van der Waals surface area contributed by atoms with E-state index in [2.05, 4.69) is 20.2 Å². The normalized spacial score (nSPS) is 19.2. The minimum Gasteiger partial charge on any atom is -0.494 e. The number of methoxy groups -OCH3 is 2. The van der Waals surface area contributed by atoms with Crippen LogP contribution in [0.3, 0.4) is 0 Å². The SMILES string of the molecule is COc1cc(OC)c(F)c(-c2ncc3c(-c4ccc5c(c4)CN(C4CCC(O)CC4)C5=O)n[nH]c3n2)c1F. The molecule has 1 amide bonds. The molecule has 196 valence electrons. The number of rotatable bonds is 5. The number of hydrogen-bond donors (Lipinski definition) is 2. The Hall–Kier alpha value is -4.12. The van der Waals surface area contributed by atoms with E-state index in [1.54, 1.807) is 6.07 Å². The zero-order chi connectivity index (χ0) is 26.6. The third-order valence-corrected chi connectivity index (χ3v) is 7.43. The van der Waals surface area contributed by atoms with Gasteiger partial charge >= 0.3 is 0 Å². The summed E-state index contributed by atoms with van der Waals surface area (Å²) in [6.07, 6.45) is 4.16. The number of halogens is 2. The number of amides is 1.